The van der Waals surface area contributed by atoms with Crippen LogP contribution < -0.4 is 19.9 Å². The summed E-state index contributed by atoms with van der Waals surface area (Å²) in [5.41, 5.74) is 0.342. The highest BCUT2D eigenvalue weighted by atomic mass is 16.6. The van der Waals surface area contributed by atoms with Crippen molar-refractivity contribution in [1.29, 1.82) is 0 Å². The number of likely N-dealkylation sites (tertiary alicyclic amines) is 1. The van der Waals surface area contributed by atoms with Gasteiger partial charge in [-0.2, -0.15) is 4.98 Å². The number of hydrogen-bond acceptors (Lipinski definition) is 10. The molecule has 0 aromatic carbocycles. The number of ether oxygens (including phenoxy) is 2. The monoisotopic (exact) mass is 625 g/mol. The van der Waals surface area contributed by atoms with E-state index in [2.05, 4.69) is 51.0 Å². The molecule has 0 saturated carbocycles. The maximum absolute atomic E-state index is 12.8. The Morgan fingerprint density at radius 3 is 2.51 bits per heavy atom. The summed E-state index contributed by atoms with van der Waals surface area (Å²) in [5.74, 6) is 2.94. The lowest BCUT2D eigenvalue weighted by Crippen LogP contribution is -2.54. The zero-order valence-electron chi connectivity index (χ0n) is 27.8. The molecule has 3 aliphatic rings. The molecular weight excluding hydrogens is 574 g/mol. The molecule has 2 aromatic heterocycles. The van der Waals surface area contributed by atoms with Crippen LogP contribution in [0.4, 0.5) is 16.5 Å². The summed E-state index contributed by atoms with van der Waals surface area (Å²) in [7, 11) is 0. The summed E-state index contributed by atoms with van der Waals surface area (Å²) < 4.78 is 17.1. The number of nitrogens with zero attached hydrogens (tertiary/aromatic N) is 6. The van der Waals surface area contributed by atoms with Crippen LogP contribution in [0.15, 0.2) is 22.9 Å². The number of carbonyl (C=O) groups excluding carboxylic acids is 2. The van der Waals surface area contributed by atoms with Crippen LogP contribution in [-0.4, -0.2) is 89.0 Å². The molecule has 45 heavy (non-hydrogen) atoms. The molecule has 0 radical (unpaired) electrons. The number of amides is 2. The highest BCUT2D eigenvalue weighted by molar-refractivity contribution is 5.78. The lowest BCUT2D eigenvalue weighted by molar-refractivity contribution is -0.135. The van der Waals surface area contributed by atoms with Crippen molar-refractivity contribution in [2.24, 2.45) is 11.8 Å². The van der Waals surface area contributed by atoms with Crippen molar-refractivity contribution in [3.8, 4) is 5.88 Å². The second-order valence-electron chi connectivity index (χ2n) is 14.2. The Morgan fingerprint density at radius 2 is 1.87 bits per heavy atom. The van der Waals surface area contributed by atoms with E-state index in [-0.39, 0.29) is 23.9 Å². The lowest BCUT2D eigenvalue weighted by atomic mass is 9.84. The fourth-order valence-electron chi connectivity index (χ4n) is 6.57. The standard InChI is InChI=1S/C33H51N7O5/c1-22(2)30-36-31(45-37-30)38-16-12-24(13-17-38)23(3)14-18-43-28-11-10-25(19-34-28)39-20-26(35-32(42)44-33(4,5)6)27(21-39)40-15-8-7-9-29(40)41/h10-11,19,22-24,26-27H,7-9,12-18,20-21H2,1-6H3,(H,35,42)/t23?,26-,27-/m0/s1. The highest BCUT2D eigenvalue weighted by Gasteiger charge is 2.41. The van der Waals surface area contributed by atoms with Crippen LogP contribution in [0.1, 0.15) is 91.8 Å². The van der Waals surface area contributed by atoms with Gasteiger partial charge in [0.15, 0.2) is 5.82 Å². The van der Waals surface area contributed by atoms with E-state index in [1.165, 1.54) is 0 Å². The third-order valence-corrected chi connectivity index (χ3v) is 9.22. The van der Waals surface area contributed by atoms with Crippen LogP contribution in [0.25, 0.3) is 0 Å². The molecule has 5 heterocycles. The number of hydrogen-bond donors (Lipinski definition) is 1. The van der Waals surface area contributed by atoms with Gasteiger partial charge in [0.25, 0.3) is 0 Å². The highest BCUT2D eigenvalue weighted by Crippen LogP contribution is 2.30. The Bertz CT molecular complexity index is 1270. The Labute approximate surface area is 267 Å². The minimum atomic E-state index is -0.595. The van der Waals surface area contributed by atoms with Gasteiger partial charge in [-0.15, -0.1) is 0 Å². The molecule has 1 N–H and O–H groups in total. The molecule has 2 aromatic rings. The number of rotatable bonds is 10. The zero-order chi connectivity index (χ0) is 32.1. The maximum Gasteiger partial charge on any atom is 0.408 e. The van der Waals surface area contributed by atoms with Gasteiger partial charge in [-0.05, 0) is 70.8 Å². The summed E-state index contributed by atoms with van der Waals surface area (Å²) >= 11 is 0. The third-order valence-electron chi connectivity index (χ3n) is 9.22. The molecular formula is C33H51N7O5. The summed E-state index contributed by atoms with van der Waals surface area (Å²) in [6.45, 7) is 16.4. The van der Waals surface area contributed by atoms with Crippen LogP contribution in [-0.2, 0) is 9.53 Å². The van der Waals surface area contributed by atoms with E-state index in [9.17, 15) is 9.59 Å². The van der Waals surface area contributed by atoms with Gasteiger partial charge in [-0.3, -0.25) is 4.79 Å². The predicted octanol–water partition coefficient (Wildman–Crippen LogP) is 5.00. The third kappa shape index (κ3) is 8.58. The average molecular weight is 626 g/mol. The van der Waals surface area contributed by atoms with Gasteiger partial charge in [-0.1, -0.05) is 25.9 Å². The van der Waals surface area contributed by atoms with E-state index in [1.807, 2.05) is 44.0 Å². The van der Waals surface area contributed by atoms with E-state index in [0.717, 1.165) is 56.7 Å². The summed E-state index contributed by atoms with van der Waals surface area (Å²) in [4.78, 5) is 40.9. The fraction of sp³-hybridized carbons (Fsp3) is 0.727. The molecule has 248 valence electrons. The quantitative estimate of drug-likeness (QED) is 0.385. The molecule has 2 amide bonds. The number of aromatic nitrogens is 3. The Morgan fingerprint density at radius 1 is 1.09 bits per heavy atom. The normalized spacial score (nSPS) is 22.2. The van der Waals surface area contributed by atoms with Crippen LogP contribution in [0.5, 0.6) is 5.88 Å². The van der Waals surface area contributed by atoms with Crippen molar-refractivity contribution in [3.05, 3.63) is 24.2 Å². The first-order valence-electron chi connectivity index (χ1n) is 16.7. The minimum absolute atomic E-state index is 0.126. The number of alkyl carbamates (subject to hydrolysis) is 1. The first-order chi connectivity index (χ1) is 21.5. The van der Waals surface area contributed by atoms with E-state index in [4.69, 9.17) is 14.0 Å². The van der Waals surface area contributed by atoms with Crippen molar-refractivity contribution >= 4 is 23.7 Å². The van der Waals surface area contributed by atoms with Gasteiger partial charge in [0.1, 0.15) is 5.60 Å². The molecule has 12 heteroatoms. The van der Waals surface area contributed by atoms with E-state index >= 15 is 0 Å². The molecule has 5 rings (SSSR count). The molecule has 0 bridgehead atoms. The van der Waals surface area contributed by atoms with Crippen LogP contribution in [0.3, 0.4) is 0 Å². The first kappa shape index (κ1) is 32.8. The molecule has 12 nitrogen and oxygen atoms in total. The lowest BCUT2D eigenvalue weighted by Gasteiger charge is -2.35. The van der Waals surface area contributed by atoms with Gasteiger partial charge in [0.05, 0.1) is 30.6 Å². The van der Waals surface area contributed by atoms with Gasteiger partial charge in [0.2, 0.25) is 11.8 Å². The van der Waals surface area contributed by atoms with E-state index in [1.54, 1.807) is 0 Å². The zero-order valence-corrected chi connectivity index (χ0v) is 27.8. The van der Waals surface area contributed by atoms with Gasteiger partial charge < -0.3 is 34.0 Å². The van der Waals surface area contributed by atoms with Gasteiger partial charge >= 0.3 is 12.1 Å². The molecule has 3 fully saturated rings. The van der Waals surface area contributed by atoms with Crippen molar-refractivity contribution in [2.75, 3.05) is 49.1 Å². The minimum Gasteiger partial charge on any atom is -0.478 e. The molecule has 3 aliphatic heterocycles. The number of piperidine rings is 2. The summed E-state index contributed by atoms with van der Waals surface area (Å²) in [6, 6.07) is 4.19. The van der Waals surface area contributed by atoms with Crippen LogP contribution >= 0.6 is 0 Å². The van der Waals surface area contributed by atoms with Gasteiger partial charge in [-0.25, -0.2) is 9.78 Å². The molecule has 0 aliphatic carbocycles. The van der Waals surface area contributed by atoms with Crippen molar-refractivity contribution in [3.63, 3.8) is 0 Å². The Balaban J connectivity index is 1.10. The smallest absolute Gasteiger partial charge is 0.408 e. The average Bonchev–Trinajstić information content (AvgIpc) is 3.65. The van der Waals surface area contributed by atoms with E-state index in [0.29, 0.717) is 56.4 Å². The Hall–Kier alpha value is -3.57. The number of carbonyl (C=O) groups is 2. The second-order valence-corrected chi connectivity index (χ2v) is 14.2. The number of anilines is 2. The van der Waals surface area contributed by atoms with Crippen molar-refractivity contribution in [2.45, 2.75) is 104 Å². The molecule has 3 atom stereocenters. The molecule has 1 unspecified atom stereocenters. The van der Waals surface area contributed by atoms with Crippen LogP contribution in [0.2, 0.25) is 0 Å². The summed E-state index contributed by atoms with van der Waals surface area (Å²) in [6.07, 6.45) is 6.96. The van der Waals surface area contributed by atoms with Gasteiger partial charge in [0, 0.05) is 51.1 Å². The first-order valence-corrected chi connectivity index (χ1v) is 16.7. The second kappa shape index (κ2) is 14.2. The molecule has 3 saturated heterocycles. The number of pyridine rings is 1. The number of nitrogens with one attached hydrogen (secondary N) is 1. The summed E-state index contributed by atoms with van der Waals surface area (Å²) in [5, 5.41) is 7.15. The largest absolute Gasteiger partial charge is 0.478 e. The van der Waals surface area contributed by atoms with Crippen molar-refractivity contribution < 1.29 is 23.6 Å². The topological polar surface area (TPSA) is 126 Å². The van der Waals surface area contributed by atoms with Crippen molar-refractivity contribution in [1.82, 2.24) is 25.3 Å². The van der Waals surface area contributed by atoms with Crippen LogP contribution in [0, 0.1) is 11.8 Å². The predicted molar refractivity (Wildman–Crippen MR) is 172 cm³/mol. The fourth-order valence-corrected chi connectivity index (χ4v) is 6.57. The Kier molecular flexibility index (Phi) is 10.4. The SMILES string of the molecule is CC(C)c1noc(N2CCC(C(C)CCOc3ccc(N4C[C@H](NC(=O)OC(C)(C)C)[C@@H](N5CCCCC5=O)C4)cn3)CC2)n1. The molecule has 0 spiro atoms. The maximum atomic E-state index is 12.8. The van der Waals surface area contributed by atoms with E-state index < -0.39 is 11.7 Å².